The topological polar surface area (TPSA) is 50.7 Å². The van der Waals surface area contributed by atoms with Crippen molar-refractivity contribution in [3.05, 3.63) is 65.2 Å². The lowest BCUT2D eigenvalue weighted by Crippen LogP contribution is -2.44. The maximum atomic E-state index is 12.2. The van der Waals surface area contributed by atoms with Gasteiger partial charge in [-0.3, -0.25) is 4.79 Å². The second kappa shape index (κ2) is 7.09. The van der Waals surface area contributed by atoms with E-state index >= 15 is 0 Å². The molecule has 0 spiro atoms. The first kappa shape index (κ1) is 16.0. The van der Waals surface area contributed by atoms with Crippen LogP contribution in [0.4, 0.5) is 0 Å². The summed E-state index contributed by atoms with van der Waals surface area (Å²) in [5, 5.41) is 4.55. The number of hydrogen-bond donors (Lipinski definition) is 1. The van der Waals surface area contributed by atoms with Crippen LogP contribution in [0.3, 0.4) is 0 Å². The summed E-state index contributed by atoms with van der Waals surface area (Å²) in [5.41, 5.74) is 2.33. The molecule has 0 aromatic heterocycles. The SMILES string of the molecule is CC(C)(Oc1ccc(Cl)cc1)C(=O)NN=Cc1ccccc1. The smallest absolute Gasteiger partial charge is 0.283 e. The summed E-state index contributed by atoms with van der Waals surface area (Å²) in [6, 6.07) is 16.3. The first-order chi connectivity index (χ1) is 10.5. The molecule has 0 unspecified atom stereocenters. The maximum absolute atomic E-state index is 12.2. The molecule has 0 atom stereocenters. The van der Waals surface area contributed by atoms with E-state index in [2.05, 4.69) is 10.5 Å². The number of carbonyl (C=O) groups is 1. The molecule has 0 aliphatic rings. The van der Waals surface area contributed by atoms with Gasteiger partial charge in [-0.1, -0.05) is 41.9 Å². The summed E-state index contributed by atoms with van der Waals surface area (Å²) < 4.78 is 5.68. The van der Waals surface area contributed by atoms with Crippen molar-refractivity contribution in [1.29, 1.82) is 0 Å². The van der Waals surface area contributed by atoms with Gasteiger partial charge in [0.05, 0.1) is 6.21 Å². The van der Waals surface area contributed by atoms with E-state index in [4.69, 9.17) is 16.3 Å². The van der Waals surface area contributed by atoms with Gasteiger partial charge >= 0.3 is 0 Å². The quantitative estimate of drug-likeness (QED) is 0.676. The Morgan fingerprint density at radius 3 is 2.41 bits per heavy atom. The van der Waals surface area contributed by atoms with Gasteiger partial charge in [0, 0.05) is 5.02 Å². The zero-order chi connectivity index (χ0) is 16.0. The molecule has 0 heterocycles. The molecule has 2 aromatic rings. The molecule has 1 N–H and O–H groups in total. The summed E-state index contributed by atoms with van der Waals surface area (Å²) >= 11 is 5.82. The van der Waals surface area contributed by atoms with Crippen molar-refractivity contribution in [3.8, 4) is 5.75 Å². The summed E-state index contributed by atoms with van der Waals surface area (Å²) in [6.07, 6.45) is 1.58. The van der Waals surface area contributed by atoms with Crippen molar-refractivity contribution >= 4 is 23.7 Å². The van der Waals surface area contributed by atoms with Crippen molar-refractivity contribution in [1.82, 2.24) is 5.43 Å². The minimum absolute atomic E-state index is 0.338. The number of amides is 1. The third-order valence-electron chi connectivity index (χ3n) is 2.91. The Labute approximate surface area is 134 Å². The van der Waals surface area contributed by atoms with Gasteiger partial charge in [-0.2, -0.15) is 5.10 Å². The van der Waals surface area contributed by atoms with E-state index < -0.39 is 5.60 Å². The molecule has 0 aliphatic carbocycles. The lowest BCUT2D eigenvalue weighted by Gasteiger charge is -2.24. The molecule has 0 fully saturated rings. The zero-order valence-electron chi connectivity index (χ0n) is 12.4. The summed E-state index contributed by atoms with van der Waals surface area (Å²) in [5.74, 6) is 0.228. The molecule has 0 bridgehead atoms. The highest BCUT2D eigenvalue weighted by Gasteiger charge is 2.29. The van der Waals surface area contributed by atoms with Crippen molar-refractivity contribution in [3.63, 3.8) is 0 Å². The fourth-order valence-electron chi connectivity index (χ4n) is 1.68. The first-order valence-electron chi connectivity index (χ1n) is 6.80. The fraction of sp³-hybridized carbons (Fsp3) is 0.176. The summed E-state index contributed by atoms with van der Waals surface area (Å²) in [4.78, 5) is 12.2. The standard InChI is InChI=1S/C17H17ClN2O2/c1-17(2,22-15-10-8-14(18)9-11-15)16(21)20-19-12-13-6-4-3-5-7-13/h3-12H,1-2H3,(H,20,21). The lowest BCUT2D eigenvalue weighted by atomic mass is 10.1. The Morgan fingerprint density at radius 2 is 1.77 bits per heavy atom. The second-order valence-corrected chi connectivity index (χ2v) is 5.61. The zero-order valence-corrected chi connectivity index (χ0v) is 13.2. The van der Waals surface area contributed by atoms with Crippen LogP contribution in [0.1, 0.15) is 19.4 Å². The number of nitrogens with one attached hydrogen (secondary N) is 1. The molecule has 4 nitrogen and oxygen atoms in total. The van der Waals surface area contributed by atoms with Gasteiger partial charge in [0.2, 0.25) is 0 Å². The van der Waals surface area contributed by atoms with Crippen LogP contribution >= 0.6 is 11.6 Å². The number of rotatable bonds is 5. The van der Waals surface area contributed by atoms with E-state index in [-0.39, 0.29) is 5.91 Å². The van der Waals surface area contributed by atoms with Gasteiger partial charge in [-0.05, 0) is 43.7 Å². The molecule has 0 radical (unpaired) electrons. The average molecular weight is 317 g/mol. The van der Waals surface area contributed by atoms with Gasteiger partial charge in [0.25, 0.3) is 5.91 Å². The van der Waals surface area contributed by atoms with Crippen LogP contribution in [-0.2, 0) is 4.79 Å². The number of ether oxygens (including phenoxy) is 1. The predicted octanol–water partition coefficient (Wildman–Crippen LogP) is 3.65. The Balaban J connectivity index is 1.95. The Morgan fingerprint density at radius 1 is 1.14 bits per heavy atom. The minimum Gasteiger partial charge on any atom is -0.478 e. The number of carbonyl (C=O) groups excluding carboxylic acids is 1. The molecule has 22 heavy (non-hydrogen) atoms. The van der Waals surface area contributed by atoms with Crippen LogP contribution in [0.2, 0.25) is 5.02 Å². The second-order valence-electron chi connectivity index (χ2n) is 5.18. The van der Waals surface area contributed by atoms with Crippen LogP contribution in [0.5, 0.6) is 5.75 Å². The van der Waals surface area contributed by atoms with Crippen LogP contribution < -0.4 is 10.2 Å². The minimum atomic E-state index is -1.05. The van der Waals surface area contributed by atoms with Gasteiger partial charge < -0.3 is 4.74 Å². The van der Waals surface area contributed by atoms with Crippen LogP contribution in [0.15, 0.2) is 59.7 Å². The third kappa shape index (κ3) is 4.60. The van der Waals surface area contributed by atoms with Crippen molar-refractivity contribution in [2.75, 3.05) is 0 Å². The van der Waals surface area contributed by atoms with Crippen molar-refractivity contribution < 1.29 is 9.53 Å². The fourth-order valence-corrected chi connectivity index (χ4v) is 1.81. The number of benzene rings is 2. The first-order valence-corrected chi connectivity index (χ1v) is 7.18. The summed E-state index contributed by atoms with van der Waals surface area (Å²) in [7, 11) is 0. The molecule has 0 saturated carbocycles. The van der Waals surface area contributed by atoms with Gasteiger partial charge in [-0.15, -0.1) is 0 Å². The van der Waals surface area contributed by atoms with E-state index in [9.17, 15) is 4.79 Å². The molecular formula is C17H17ClN2O2. The largest absolute Gasteiger partial charge is 0.478 e. The number of hydrazone groups is 1. The van der Waals surface area contributed by atoms with E-state index in [0.717, 1.165) is 5.56 Å². The lowest BCUT2D eigenvalue weighted by molar-refractivity contribution is -0.134. The highest BCUT2D eigenvalue weighted by atomic mass is 35.5. The molecule has 2 aromatic carbocycles. The normalized spacial score (nSPS) is 11.4. The molecule has 2 rings (SSSR count). The highest BCUT2D eigenvalue weighted by Crippen LogP contribution is 2.20. The van der Waals surface area contributed by atoms with E-state index in [1.165, 1.54) is 0 Å². The third-order valence-corrected chi connectivity index (χ3v) is 3.16. The monoisotopic (exact) mass is 316 g/mol. The number of hydrogen-bond acceptors (Lipinski definition) is 3. The van der Waals surface area contributed by atoms with E-state index in [0.29, 0.717) is 10.8 Å². The summed E-state index contributed by atoms with van der Waals surface area (Å²) in [6.45, 7) is 3.35. The average Bonchev–Trinajstić information content (AvgIpc) is 2.50. The van der Waals surface area contributed by atoms with Gasteiger partial charge in [-0.25, -0.2) is 5.43 Å². The highest BCUT2D eigenvalue weighted by molar-refractivity contribution is 6.30. The molecular weight excluding hydrogens is 300 g/mol. The molecule has 0 saturated heterocycles. The number of halogens is 1. The Kier molecular flexibility index (Phi) is 5.17. The maximum Gasteiger partial charge on any atom is 0.283 e. The number of nitrogens with zero attached hydrogens (tertiary/aromatic N) is 1. The van der Waals surface area contributed by atoms with Crippen LogP contribution in [0, 0.1) is 0 Å². The Bertz CT molecular complexity index is 652. The van der Waals surface area contributed by atoms with E-state index in [1.54, 1.807) is 44.3 Å². The van der Waals surface area contributed by atoms with Crippen molar-refractivity contribution in [2.24, 2.45) is 5.10 Å². The van der Waals surface area contributed by atoms with Crippen LogP contribution in [0.25, 0.3) is 0 Å². The molecule has 1 amide bonds. The molecule has 5 heteroatoms. The van der Waals surface area contributed by atoms with Gasteiger partial charge in [0.1, 0.15) is 5.75 Å². The predicted molar refractivity (Wildman–Crippen MR) is 88.3 cm³/mol. The Hall–Kier alpha value is -2.33. The molecule has 114 valence electrons. The van der Waals surface area contributed by atoms with E-state index in [1.807, 2.05) is 30.3 Å². The molecule has 0 aliphatic heterocycles. The van der Waals surface area contributed by atoms with Crippen molar-refractivity contribution in [2.45, 2.75) is 19.4 Å². The van der Waals surface area contributed by atoms with Gasteiger partial charge in [0.15, 0.2) is 5.60 Å². The van der Waals surface area contributed by atoms with Crippen LogP contribution in [-0.4, -0.2) is 17.7 Å².